The minimum absolute atomic E-state index is 0.0183. The molecule has 5 saturated heterocycles. The van der Waals surface area contributed by atoms with Gasteiger partial charge in [0.2, 0.25) is 29.5 Å². The normalized spacial score (nSPS) is 32.9. The fourth-order valence-electron chi connectivity index (χ4n) is 23.0. The van der Waals surface area contributed by atoms with Gasteiger partial charge in [0.15, 0.2) is 0 Å². The number of aromatic nitrogens is 5. The van der Waals surface area contributed by atoms with Crippen LogP contribution in [0.2, 0.25) is 0 Å². The molecule has 42 heteroatoms. The molecular weight excluding hydrogens is 1940 g/mol. The maximum absolute atomic E-state index is 12.5. The van der Waals surface area contributed by atoms with Crippen LogP contribution in [-0.2, 0) is 47.7 Å². The van der Waals surface area contributed by atoms with Crippen LogP contribution < -0.4 is 32.3 Å². The van der Waals surface area contributed by atoms with Gasteiger partial charge in [0.05, 0.1) is 103 Å². The lowest BCUT2D eigenvalue weighted by atomic mass is 9.95. The van der Waals surface area contributed by atoms with Crippen molar-refractivity contribution >= 4 is 139 Å². The minimum Gasteiger partial charge on any atom is -0.355 e. The van der Waals surface area contributed by atoms with Crippen LogP contribution in [0.15, 0.2) is 107 Å². The van der Waals surface area contributed by atoms with Crippen molar-refractivity contribution in [3.8, 4) is 12.3 Å². The number of halogens is 5. The number of hydrogen-bond acceptors (Lipinski definition) is 18. The third kappa shape index (κ3) is 14.8. The Kier molecular flexibility index (Phi) is 25.3. The van der Waals surface area contributed by atoms with E-state index in [1.54, 1.807) is 65.8 Å². The van der Waals surface area contributed by atoms with Gasteiger partial charge >= 0.3 is 0 Å². The Morgan fingerprint density at radius 3 is 0.920 bits per heavy atom. The maximum atomic E-state index is 12.5. The molecule has 5 saturated carbocycles. The molecule has 20 rings (SSSR count). The summed E-state index contributed by atoms with van der Waals surface area (Å²) in [5.41, 5.74) is 22.0. The first-order valence-corrected chi connectivity index (χ1v) is 46.1. The Balaban J connectivity index is 0.000000115. The maximum Gasteiger partial charge on any atom is 0.268 e. The number of unbranched alkanes of at least 4 members (excludes halogenated alkanes) is 1. The van der Waals surface area contributed by atoms with E-state index < -0.39 is 28.6 Å². The fourth-order valence-corrected chi connectivity index (χ4v) is 26.0. The zero-order valence-electron chi connectivity index (χ0n) is 69.5. The largest absolute Gasteiger partial charge is 0.355 e. The van der Waals surface area contributed by atoms with Crippen LogP contribution in [0.1, 0.15) is 185 Å². The summed E-state index contributed by atoms with van der Waals surface area (Å²) < 4.78 is 45.7. The van der Waals surface area contributed by atoms with Gasteiger partial charge in [-0.25, -0.2) is 0 Å². The molecule has 0 radical (unpaired) electrons. The van der Waals surface area contributed by atoms with Gasteiger partial charge in [-0.05, 0) is 190 Å². The van der Waals surface area contributed by atoms with Crippen LogP contribution in [0.5, 0.6) is 0 Å². The molecule has 10 amide bonds. The van der Waals surface area contributed by atoms with Gasteiger partial charge in [0.25, 0.3) is 29.5 Å². The summed E-state index contributed by atoms with van der Waals surface area (Å²) in [7, 11) is 8.94. The smallest absolute Gasteiger partial charge is 0.268 e. The average Bonchev–Trinajstić information content (AvgIpc) is 1.57. The molecule has 5 aliphatic carbocycles. The number of nitrogens with zero attached hydrogens (tertiary/aromatic N) is 16. The number of carbonyl (C=O) groups is 10. The molecule has 125 heavy (non-hydrogen) atoms. The lowest BCUT2D eigenvalue weighted by molar-refractivity contribution is -0.162. The van der Waals surface area contributed by atoms with E-state index >= 15 is 0 Å². The molecule has 0 bridgehead atoms. The van der Waals surface area contributed by atoms with Gasteiger partial charge in [0, 0.05) is 172 Å². The molecule has 0 aromatic carbocycles. The standard InChI is InChI=1S/C17H21BrN6O3.C17H20BrN3O3.C17H18BrN3O3.C16H19BrN6O3.C16H21BrN4O3/c1-23-14(25)8-10-15-12(24-11(16(26)21-15)4-5-13(24)18)9-17(10,23)27-7-3-2-6-20-22-19;2*1-3-4-7-24-17-9-12-15(10(17)8-14(22)20(17)2)19-16(23)11-5-6-13(18)21(11)12;1-22-13(24)7-9-14-11(8-16(9,22)26-6-2-5-19-21-18)23-10(15(25)20-14)3-4-12(23)17;1-20-13(22)7-9-14-11(8-16(9,20)24-6-2-5-18)21-10(15(23)19-14)3-4-12(21)17/h4-5,10,12,15H,2-3,6-9H2,1H3,(H,21,26);3,5-6,10,12,15H,1,4,7-9H2,2H3,(H,19,23);1,5-6,10,12,15H,4,7-9H2,2H3,(H,19,23);3-4,9,11,14H,2,5-8H2,1H3,(H,20,25);3-4,9,11,14H,2,5-8,18H2,1H3,(H,19,23)/t3*10-,12+,15-,17-;2*9-,11+,14-,16-/m00000/s1. The van der Waals surface area contributed by atoms with Gasteiger partial charge in [-0.15, -0.1) is 18.9 Å². The Morgan fingerprint density at radius 1 is 0.416 bits per heavy atom. The first-order chi connectivity index (χ1) is 60.0. The summed E-state index contributed by atoms with van der Waals surface area (Å²) in [6, 6.07) is 18.1. The number of carbonyl (C=O) groups excluding carboxylic acids is 10. The van der Waals surface area contributed by atoms with E-state index in [9.17, 15) is 47.9 Å². The predicted molar refractivity (Wildman–Crippen MR) is 467 cm³/mol. The number of terminal acetylenes is 1. The third-order valence-corrected chi connectivity index (χ3v) is 32.1. The summed E-state index contributed by atoms with van der Waals surface area (Å²) in [5, 5.41) is 22.6. The number of nitrogens with one attached hydrogen (secondary N) is 5. The highest BCUT2D eigenvalue weighted by Crippen LogP contribution is 2.60. The number of likely N-dealkylation sites (tertiary alicyclic amines) is 5. The highest BCUT2D eigenvalue weighted by Gasteiger charge is 2.70. The van der Waals surface area contributed by atoms with Crippen molar-refractivity contribution in [2.75, 3.05) is 87.9 Å². The van der Waals surface area contributed by atoms with Crippen molar-refractivity contribution in [1.29, 1.82) is 0 Å². The molecule has 10 fully saturated rings. The molecule has 666 valence electrons. The highest BCUT2D eigenvalue weighted by molar-refractivity contribution is 9.11. The lowest BCUT2D eigenvalue weighted by Crippen LogP contribution is -2.51. The second-order valence-electron chi connectivity index (χ2n) is 34.3. The van der Waals surface area contributed by atoms with E-state index in [4.69, 9.17) is 46.9 Å². The Bertz CT molecular complexity index is 5340. The molecule has 37 nitrogen and oxygen atoms in total. The second-order valence-corrected chi connectivity index (χ2v) is 38.4. The monoisotopic (exact) mass is 2040 g/mol. The molecule has 10 aliphatic heterocycles. The number of azide groups is 2. The van der Waals surface area contributed by atoms with Crippen molar-refractivity contribution in [3.05, 3.63) is 146 Å². The minimum atomic E-state index is -0.749. The zero-order chi connectivity index (χ0) is 88.8. The van der Waals surface area contributed by atoms with E-state index in [0.717, 1.165) is 48.7 Å². The Labute approximate surface area is 762 Å². The van der Waals surface area contributed by atoms with Crippen LogP contribution >= 0.6 is 79.6 Å². The molecule has 7 N–H and O–H groups in total. The van der Waals surface area contributed by atoms with Crippen LogP contribution in [0, 0.1) is 41.9 Å². The van der Waals surface area contributed by atoms with Crippen molar-refractivity contribution < 1.29 is 71.6 Å². The lowest BCUT2D eigenvalue weighted by Gasteiger charge is -2.36. The van der Waals surface area contributed by atoms with Crippen LogP contribution in [0.4, 0.5) is 0 Å². The number of nitrogens with two attached hydrogens (primary N) is 1. The summed E-state index contributed by atoms with van der Waals surface area (Å²) in [5.74, 6) is 1.90. The van der Waals surface area contributed by atoms with Crippen molar-refractivity contribution in [2.24, 2.45) is 45.6 Å². The fraction of sp³-hybridized carbons (Fsp3) is 0.590. The SMILES string of the molecule is C#CCCO[C@@]12C[C@@H]3[C@@H](NC(=O)c4ccc(Br)n43)[C@@H]1CC(=O)N2C.C=CCCO[C@@]12C[C@@H]3[C@@H](NC(=O)c4ccc(Br)n43)[C@@H]1CC(=O)N2C.CN1C(=O)C[C@H]2[C@@H]3NC(=O)c4ccc(Br)n4[C@@H]3C[C@]21OCCCCN=[N+]=[N-].CN1C(=O)C[C@H]2[C@@H]3NC(=O)c4ccc(Br)n4[C@@H]3C[C@]21OCCCN.CN1C(=O)C[C@H]2[C@@H]3NC(=O)c4ccc(Br)n4[C@@H]3C[C@]21OCCCN=[N+]=[N-]. The van der Waals surface area contributed by atoms with Gasteiger partial charge < -0.3 is 103 Å². The molecule has 5 aromatic heterocycles. The molecule has 5 aromatic rings. The zero-order valence-corrected chi connectivity index (χ0v) is 77.4. The molecular formula is C83H99Br5N22O15. The van der Waals surface area contributed by atoms with Gasteiger partial charge in [-0.2, -0.15) is 0 Å². The topological polar surface area (TPSA) is 441 Å². The quantitative estimate of drug-likeness (QED) is 0.00938. The summed E-state index contributed by atoms with van der Waals surface area (Å²) in [6.45, 7) is 7.37. The summed E-state index contributed by atoms with van der Waals surface area (Å²) in [6.07, 6.45) is 16.3. The average molecular weight is 2040 g/mol. The van der Waals surface area contributed by atoms with E-state index in [1.807, 2.05) is 83.5 Å². The number of ether oxygens (including phenoxy) is 5. The van der Waals surface area contributed by atoms with Gasteiger partial charge in [-0.3, -0.25) is 47.9 Å². The molecule has 0 unspecified atom stereocenters. The second kappa shape index (κ2) is 35.3. The van der Waals surface area contributed by atoms with Crippen LogP contribution in [0.3, 0.4) is 0 Å². The summed E-state index contributed by atoms with van der Waals surface area (Å²) in [4.78, 5) is 138. The number of rotatable bonds is 22. The van der Waals surface area contributed by atoms with E-state index in [-0.39, 0.29) is 149 Å². The highest BCUT2D eigenvalue weighted by atomic mass is 79.9. The molecule has 15 heterocycles. The van der Waals surface area contributed by atoms with Gasteiger partial charge in [0.1, 0.15) is 57.1 Å². The number of hydrogen-bond donors (Lipinski definition) is 6. The third-order valence-electron chi connectivity index (χ3n) is 28.8. The first kappa shape index (κ1) is 89.6. The van der Waals surface area contributed by atoms with Crippen molar-refractivity contribution in [3.63, 3.8) is 0 Å². The van der Waals surface area contributed by atoms with E-state index in [1.165, 1.54) is 0 Å². The van der Waals surface area contributed by atoms with Crippen LogP contribution in [-0.4, -0.2) is 253 Å². The number of fused-ring (bicyclic) bond motifs is 25. The van der Waals surface area contributed by atoms with Crippen molar-refractivity contribution in [2.45, 2.75) is 192 Å². The Morgan fingerprint density at radius 2 is 0.664 bits per heavy atom. The number of amides is 10. The predicted octanol–water partition coefficient (Wildman–Crippen LogP) is 9.23. The molecule has 0 spiro atoms. The van der Waals surface area contributed by atoms with E-state index in [2.05, 4.69) is 139 Å². The van der Waals surface area contributed by atoms with E-state index in [0.29, 0.717) is 158 Å². The van der Waals surface area contributed by atoms with Crippen LogP contribution in [0.25, 0.3) is 20.9 Å². The summed E-state index contributed by atoms with van der Waals surface area (Å²) >= 11 is 17.7. The molecule has 15 aliphatic rings. The van der Waals surface area contributed by atoms with Crippen molar-refractivity contribution in [1.82, 2.24) is 73.9 Å². The first-order valence-electron chi connectivity index (χ1n) is 42.1. The van der Waals surface area contributed by atoms with Gasteiger partial charge in [-0.1, -0.05) is 16.3 Å². The molecule has 20 atom stereocenters. The Hall–Kier alpha value is -8.82.